The highest BCUT2D eigenvalue weighted by Crippen LogP contribution is 2.27. The number of benzene rings is 1. The molecule has 5 nitrogen and oxygen atoms in total. The van der Waals surface area contributed by atoms with E-state index >= 15 is 0 Å². The first-order chi connectivity index (χ1) is 9.04. The van der Waals surface area contributed by atoms with Crippen molar-refractivity contribution in [2.24, 2.45) is 11.7 Å². The number of hydrogen-bond acceptors (Lipinski definition) is 4. The largest absolute Gasteiger partial charge is 0.493 e. The van der Waals surface area contributed by atoms with Crippen LogP contribution in [0, 0.1) is 11.3 Å². The fraction of sp³-hybridized carbons (Fsp3) is 0.500. The number of nitrogen functional groups attached to an aromatic ring is 1. The summed E-state index contributed by atoms with van der Waals surface area (Å²) >= 11 is 0. The minimum Gasteiger partial charge on any atom is -0.493 e. The number of ether oxygens (including phenoxy) is 3. The summed E-state index contributed by atoms with van der Waals surface area (Å²) in [6.45, 7) is 5.93. The van der Waals surface area contributed by atoms with Gasteiger partial charge in [0.05, 0.1) is 13.7 Å². The number of methoxy groups -OCH3 is 1. The van der Waals surface area contributed by atoms with E-state index in [1.165, 1.54) is 0 Å². The first-order valence-electron chi connectivity index (χ1n) is 6.27. The van der Waals surface area contributed by atoms with Crippen LogP contribution in [-0.2, 0) is 4.74 Å². The molecule has 0 heterocycles. The SMILES string of the molecule is COc1cc(C(=N)N)ccc1OCCOCC(C)C. The molecule has 19 heavy (non-hydrogen) atoms. The van der Waals surface area contributed by atoms with E-state index in [0.29, 0.717) is 36.2 Å². The molecule has 0 amide bonds. The standard InChI is InChI=1S/C14H22N2O3/c1-10(2)9-18-6-7-19-12-5-4-11(14(15)16)8-13(12)17-3/h4-5,8,10H,6-7,9H2,1-3H3,(H3,15,16). The van der Waals surface area contributed by atoms with Gasteiger partial charge in [-0.15, -0.1) is 0 Å². The van der Waals surface area contributed by atoms with Crippen molar-refractivity contribution in [3.05, 3.63) is 23.8 Å². The summed E-state index contributed by atoms with van der Waals surface area (Å²) in [7, 11) is 1.56. The maximum absolute atomic E-state index is 7.37. The molecule has 0 aliphatic carbocycles. The van der Waals surface area contributed by atoms with E-state index < -0.39 is 0 Å². The molecule has 0 saturated heterocycles. The van der Waals surface area contributed by atoms with Crippen LogP contribution >= 0.6 is 0 Å². The molecular weight excluding hydrogens is 244 g/mol. The predicted molar refractivity (Wildman–Crippen MR) is 75.2 cm³/mol. The van der Waals surface area contributed by atoms with Gasteiger partial charge in [0.25, 0.3) is 0 Å². The lowest BCUT2D eigenvalue weighted by Gasteiger charge is -2.12. The van der Waals surface area contributed by atoms with Crippen molar-refractivity contribution in [1.29, 1.82) is 5.41 Å². The third kappa shape index (κ3) is 5.18. The fourth-order valence-corrected chi connectivity index (χ4v) is 1.48. The Kier molecular flexibility index (Phi) is 6.15. The molecule has 0 bridgehead atoms. The summed E-state index contributed by atoms with van der Waals surface area (Å²) in [4.78, 5) is 0. The quantitative estimate of drug-likeness (QED) is 0.429. The first-order valence-corrected chi connectivity index (χ1v) is 6.27. The van der Waals surface area contributed by atoms with E-state index in [1.54, 1.807) is 25.3 Å². The minimum atomic E-state index is 0.00474. The molecule has 0 fully saturated rings. The summed E-state index contributed by atoms with van der Waals surface area (Å²) in [6.07, 6.45) is 0. The van der Waals surface area contributed by atoms with Crippen LogP contribution in [0.25, 0.3) is 0 Å². The van der Waals surface area contributed by atoms with E-state index in [1.807, 2.05) is 0 Å². The van der Waals surface area contributed by atoms with Crippen molar-refractivity contribution in [1.82, 2.24) is 0 Å². The molecule has 0 saturated carbocycles. The highest BCUT2D eigenvalue weighted by atomic mass is 16.5. The molecule has 0 aromatic heterocycles. The molecule has 0 unspecified atom stereocenters. The Labute approximate surface area is 114 Å². The lowest BCUT2D eigenvalue weighted by atomic mass is 10.2. The Morgan fingerprint density at radius 1 is 1.26 bits per heavy atom. The third-order valence-electron chi connectivity index (χ3n) is 2.41. The van der Waals surface area contributed by atoms with Gasteiger partial charge in [0.2, 0.25) is 0 Å². The topological polar surface area (TPSA) is 77.6 Å². The zero-order valence-electron chi connectivity index (χ0n) is 11.7. The van der Waals surface area contributed by atoms with Crippen molar-refractivity contribution >= 4 is 5.84 Å². The van der Waals surface area contributed by atoms with Gasteiger partial charge in [-0.2, -0.15) is 0 Å². The highest BCUT2D eigenvalue weighted by Gasteiger charge is 2.07. The third-order valence-corrected chi connectivity index (χ3v) is 2.41. The average molecular weight is 266 g/mol. The molecule has 0 aliphatic rings. The summed E-state index contributed by atoms with van der Waals surface area (Å²) in [6, 6.07) is 5.17. The minimum absolute atomic E-state index is 0.00474. The molecule has 0 aliphatic heterocycles. The van der Waals surface area contributed by atoms with Gasteiger partial charge in [0.15, 0.2) is 11.5 Å². The van der Waals surface area contributed by atoms with E-state index in [9.17, 15) is 0 Å². The first kappa shape index (κ1) is 15.3. The number of nitrogens with two attached hydrogens (primary N) is 1. The van der Waals surface area contributed by atoms with Gasteiger partial charge >= 0.3 is 0 Å². The van der Waals surface area contributed by atoms with Crippen LogP contribution in [0.1, 0.15) is 19.4 Å². The number of amidine groups is 1. The van der Waals surface area contributed by atoms with Crippen LogP contribution in [0.5, 0.6) is 11.5 Å². The average Bonchev–Trinajstić information content (AvgIpc) is 2.37. The van der Waals surface area contributed by atoms with Gasteiger partial charge in [-0.25, -0.2) is 0 Å². The number of nitrogens with one attached hydrogen (secondary N) is 1. The van der Waals surface area contributed by atoms with E-state index in [-0.39, 0.29) is 5.84 Å². The summed E-state index contributed by atoms with van der Waals surface area (Å²) in [5.74, 6) is 1.71. The molecule has 0 atom stereocenters. The van der Waals surface area contributed by atoms with Crippen LogP contribution in [-0.4, -0.2) is 32.8 Å². The monoisotopic (exact) mass is 266 g/mol. The Balaban J connectivity index is 2.51. The lowest BCUT2D eigenvalue weighted by Crippen LogP contribution is -2.12. The predicted octanol–water partition coefficient (Wildman–Crippen LogP) is 2.03. The van der Waals surface area contributed by atoms with Crippen LogP contribution in [0.2, 0.25) is 0 Å². The van der Waals surface area contributed by atoms with Crippen molar-refractivity contribution in [2.45, 2.75) is 13.8 Å². The molecule has 106 valence electrons. The van der Waals surface area contributed by atoms with Gasteiger partial charge in [-0.1, -0.05) is 13.8 Å². The van der Waals surface area contributed by atoms with Crippen LogP contribution in [0.3, 0.4) is 0 Å². The van der Waals surface area contributed by atoms with Crippen molar-refractivity contribution < 1.29 is 14.2 Å². The van der Waals surface area contributed by atoms with E-state index in [2.05, 4.69) is 13.8 Å². The van der Waals surface area contributed by atoms with E-state index in [4.69, 9.17) is 25.4 Å². The zero-order valence-corrected chi connectivity index (χ0v) is 11.7. The molecule has 1 rings (SSSR count). The molecule has 3 N–H and O–H groups in total. The molecule has 0 radical (unpaired) electrons. The Morgan fingerprint density at radius 2 is 2.00 bits per heavy atom. The zero-order chi connectivity index (χ0) is 14.3. The maximum atomic E-state index is 7.37. The van der Waals surface area contributed by atoms with Crippen molar-refractivity contribution in [2.75, 3.05) is 26.9 Å². The molecule has 1 aromatic carbocycles. The Hall–Kier alpha value is -1.75. The van der Waals surface area contributed by atoms with Gasteiger partial charge in [-0.05, 0) is 24.1 Å². The fourth-order valence-electron chi connectivity index (χ4n) is 1.48. The smallest absolute Gasteiger partial charge is 0.161 e. The highest BCUT2D eigenvalue weighted by molar-refractivity contribution is 5.95. The van der Waals surface area contributed by atoms with E-state index in [0.717, 1.165) is 6.61 Å². The van der Waals surface area contributed by atoms with Crippen molar-refractivity contribution in [3.63, 3.8) is 0 Å². The van der Waals surface area contributed by atoms with Crippen LogP contribution < -0.4 is 15.2 Å². The van der Waals surface area contributed by atoms with Crippen LogP contribution in [0.15, 0.2) is 18.2 Å². The van der Waals surface area contributed by atoms with Gasteiger partial charge in [0.1, 0.15) is 12.4 Å². The summed E-state index contributed by atoms with van der Waals surface area (Å²) in [5, 5.41) is 7.37. The Bertz CT molecular complexity index is 419. The van der Waals surface area contributed by atoms with Crippen molar-refractivity contribution in [3.8, 4) is 11.5 Å². The van der Waals surface area contributed by atoms with Crippen LogP contribution in [0.4, 0.5) is 0 Å². The second-order valence-electron chi connectivity index (χ2n) is 4.60. The normalized spacial score (nSPS) is 10.5. The summed E-state index contributed by atoms with van der Waals surface area (Å²) < 4.78 is 16.2. The second-order valence-corrected chi connectivity index (χ2v) is 4.60. The Morgan fingerprint density at radius 3 is 2.58 bits per heavy atom. The van der Waals surface area contributed by atoms with Gasteiger partial charge < -0.3 is 19.9 Å². The molecule has 5 heteroatoms. The number of hydrogen-bond donors (Lipinski definition) is 2. The van der Waals surface area contributed by atoms with Gasteiger partial charge in [0, 0.05) is 12.2 Å². The molecular formula is C14H22N2O3. The lowest BCUT2D eigenvalue weighted by molar-refractivity contribution is 0.0811. The summed E-state index contributed by atoms with van der Waals surface area (Å²) in [5.41, 5.74) is 6.03. The molecule has 0 spiro atoms. The number of rotatable bonds is 8. The maximum Gasteiger partial charge on any atom is 0.161 e. The molecule has 1 aromatic rings. The van der Waals surface area contributed by atoms with Gasteiger partial charge in [-0.3, -0.25) is 5.41 Å². The second kappa shape index (κ2) is 7.63.